The topological polar surface area (TPSA) is 107 Å². The Bertz CT molecular complexity index is 1510. The number of allylic oxidation sites excluding steroid dienone is 2. The highest BCUT2D eigenvalue weighted by Gasteiger charge is 2.39. The molecule has 1 heterocycles. The number of nitrogens with one attached hydrogen (secondary N) is 1. The first-order chi connectivity index (χ1) is 22.1. The molecule has 240 valence electrons. The number of hydrogen-bond donors (Lipinski definition) is 1. The molecule has 0 fully saturated rings. The van der Waals surface area contributed by atoms with Gasteiger partial charge in [-0.05, 0) is 67.6 Å². The van der Waals surface area contributed by atoms with Crippen LogP contribution in [0.3, 0.4) is 0 Å². The van der Waals surface area contributed by atoms with Gasteiger partial charge in [0.1, 0.15) is 36.9 Å². The Labute approximate surface area is 271 Å². The lowest BCUT2D eigenvalue weighted by Crippen LogP contribution is -2.36. The van der Waals surface area contributed by atoms with Gasteiger partial charge < -0.3 is 24.3 Å². The average molecular weight is 623 g/mol. The van der Waals surface area contributed by atoms with Gasteiger partial charge in [-0.1, -0.05) is 76.2 Å². The Morgan fingerprint density at radius 1 is 0.717 bits per heavy atom. The molecular weight excluding hydrogens is 580 g/mol. The second-order valence-corrected chi connectivity index (χ2v) is 12.0. The van der Waals surface area contributed by atoms with Crippen molar-refractivity contribution in [3.05, 3.63) is 119 Å². The van der Waals surface area contributed by atoms with Gasteiger partial charge in [-0.25, -0.2) is 9.59 Å². The van der Waals surface area contributed by atoms with Crippen LogP contribution in [-0.2, 0) is 19.1 Å². The monoisotopic (exact) mass is 622 g/mol. The van der Waals surface area contributed by atoms with E-state index in [-0.39, 0.29) is 36.2 Å². The van der Waals surface area contributed by atoms with E-state index in [1.807, 2.05) is 88.4 Å². The zero-order chi connectivity index (χ0) is 33.2. The van der Waals surface area contributed by atoms with Crippen molar-refractivity contribution >= 4 is 11.9 Å². The van der Waals surface area contributed by atoms with Gasteiger partial charge in [0.15, 0.2) is 0 Å². The molecule has 0 saturated heterocycles. The van der Waals surface area contributed by atoms with Gasteiger partial charge in [-0.3, -0.25) is 0 Å². The van der Waals surface area contributed by atoms with E-state index >= 15 is 0 Å². The van der Waals surface area contributed by atoms with E-state index in [0.29, 0.717) is 34.0 Å². The number of nitrogens with zero attached hydrogens (tertiary/aromatic N) is 1. The lowest BCUT2D eigenvalue weighted by molar-refractivity contribution is -0.143. The summed E-state index contributed by atoms with van der Waals surface area (Å²) in [6.45, 7) is 11.5. The molecule has 8 heteroatoms. The van der Waals surface area contributed by atoms with Crippen molar-refractivity contribution in [1.29, 1.82) is 5.26 Å². The molecule has 0 spiro atoms. The van der Waals surface area contributed by atoms with Gasteiger partial charge in [0.05, 0.1) is 28.7 Å². The first-order valence-corrected chi connectivity index (χ1v) is 15.5. The Kier molecular flexibility index (Phi) is 11.6. The molecule has 0 saturated carbocycles. The molecule has 0 bridgehead atoms. The smallest absolute Gasteiger partial charge is 0.336 e. The van der Waals surface area contributed by atoms with Crippen LogP contribution in [0, 0.1) is 23.2 Å². The van der Waals surface area contributed by atoms with Crippen LogP contribution in [0.25, 0.3) is 0 Å². The SMILES string of the molecule is CC1=C(C(=O)OCC(Oc2ccccc2)C(C)C)C(c2cccc(C#N)c2)C(C(=O)OCC(Oc2ccccc2)C(C)C)=C(C)N1. The summed E-state index contributed by atoms with van der Waals surface area (Å²) in [6, 6.07) is 27.8. The second kappa shape index (κ2) is 15.8. The number of carbonyl (C=O) groups is 2. The molecule has 4 rings (SSSR count). The molecule has 1 N–H and O–H groups in total. The molecule has 1 aliphatic heterocycles. The summed E-state index contributed by atoms with van der Waals surface area (Å²) in [5, 5.41) is 12.9. The van der Waals surface area contributed by atoms with Crippen LogP contribution < -0.4 is 14.8 Å². The van der Waals surface area contributed by atoms with Gasteiger partial charge in [0.2, 0.25) is 0 Å². The molecule has 3 aromatic rings. The van der Waals surface area contributed by atoms with Gasteiger partial charge in [-0.15, -0.1) is 0 Å². The van der Waals surface area contributed by atoms with E-state index in [0.717, 1.165) is 0 Å². The highest BCUT2D eigenvalue weighted by atomic mass is 16.6. The Morgan fingerprint density at radius 3 is 1.59 bits per heavy atom. The number of benzene rings is 3. The maximum Gasteiger partial charge on any atom is 0.336 e. The summed E-state index contributed by atoms with van der Waals surface area (Å²) in [5.41, 5.74) is 2.61. The van der Waals surface area contributed by atoms with Crippen LogP contribution in [0.1, 0.15) is 58.6 Å². The Hall–Kier alpha value is -5.03. The highest BCUT2D eigenvalue weighted by Crippen LogP contribution is 2.39. The lowest BCUT2D eigenvalue weighted by atomic mass is 9.80. The number of hydrogen-bond acceptors (Lipinski definition) is 8. The van der Waals surface area contributed by atoms with E-state index in [9.17, 15) is 14.9 Å². The summed E-state index contributed by atoms with van der Waals surface area (Å²) in [5.74, 6) is -0.564. The third-order valence-electron chi connectivity index (χ3n) is 7.86. The Balaban J connectivity index is 1.61. The molecule has 0 amide bonds. The van der Waals surface area contributed by atoms with Gasteiger partial charge >= 0.3 is 11.9 Å². The summed E-state index contributed by atoms with van der Waals surface area (Å²) in [7, 11) is 0. The first kappa shape index (κ1) is 33.9. The van der Waals surface area contributed by atoms with Gasteiger partial charge in [0.25, 0.3) is 0 Å². The fourth-order valence-corrected chi connectivity index (χ4v) is 5.20. The van der Waals surface area contributed by atoms with Crippen molar-refractivity contribution in [2.45, 2.75) is 59.7 Å². The third kappa shape index (κ3) is 8.57. The predicted molar refractivity (Wildman–Crippen MR) is 176 cm³/mol. The van der Waals surface area contributed by atoms with Crippen LogP contribution in [-0.4, -0.2) is 37.4 Å². The summed E-state index contributed by atoms with van der Waals surface area (Å²) in [6.07, 6.45) is -0.799. The molecule has 8 nitrogen and oxygen atoms in total. The summed E-state index contributed by atoms with van der Waals surface area (Å²) in [4.78, 5) is 27.8. The first-order valence-electron chi connectivity index (χ1n) is 15.5. The van der Waals surface area contributed by atoms with E-state index in [1.165, 1.54) is 0 Å². The largest absolute Gasteiger partial charge is 0.487 e. The van der Waals surface area contributed by atoms with Gasteiger partial charge in [0, 0.05) is 11.4 Å². The van der Waals surface area contributed by atoms with E-state index < -0.39 is 30.1 Å². The molecule has 0 aromatic heterocycles. The van der Waals surface area contributed by atoms with Crippen LogP contribution in [0.15, 0.2) is 107 Å². The number of esters is 2. The molecule has 1 aliphatic rings. The standard InChI is InChI=1S/C38H42N2O6/c1-24(2)32(45-30-16-9-7-10-17-30)22-43-37(41)34-26(5)40-27(6)35(36(34)29-15-13-14-28(20-29)21-39)38(42)44-23-33(25(3)4)46-31-18-11-8-12-19-31/h7-20,24-25,32-33,36,40H,22-23H2,1-6H3. The van der Waals surface area contributed by atoms with Crippen molar-refractivity contribution in [3.8, 4) is 17.6 Å². The summed E-state index contributed by atoms with van der Waals surface area (Å²) < 4.78 is 24.1. The molecule has 2 unspecified atom stereocenters. The minimum absolute atomic E-state index is 0.00248. The maximum absolute atomic E-state index is 13.9. The maximum atomic E-state index is 13.9. The van der Waals surface area contributed by atoms with Crippen molar-refractivity contribution in [3.63, 3.8) is 0 Å². The van der Waals surface area contributed by atoms with Crippen molar-refractivity contribution in [2.24, 2.45) is 11.8 Å². The lowest BCUT2D eigenvalue weighted by Gasteiger charge is -2.31. The van der Waals surface area contributed by atoms with Crippen LogP contribution in [0.4, 0.5) is 0 Å². The molecular formula is C38H42N2O6. The Morgan fingerprint density at radius 2 is 1.17 bits per heavy atom. The number of rotatable bonds is 13. The zero-order valence-corrected chi connectivity index (χ0v) is 27.3. The average Bonchev–Trinajstić information content (AvgIpc) is 3.05. The number of ether oxygens (including phenoxy) is 4. The van der Waals surface area contributed by atoms with Crippen LogP contribution >= 0.6 is 0 Å². The minimum atomic E-state index is -0.838. The van der Waals surface area contributed by atoms with Crippen molar-refractivity contribution < 1.29 is 28.5 Å². The van der Waals surface area contributed by atoms with Gasteiger partial charge in [-0.2, -0.15) is 5.26 Å². The second-order valence-electron chi connectivity index (χ2n) is 12.0. The molecule has 2 atom stereocenters. The van der Waals surface area contributed by atoms with E-state index in [4.69, 9.17) is 18.9 Å². The zero-order valence-electron chi connectivity index (χ0n) is 27.3. The van der Waals surface area contributed by atoms with Crippen molar-refractivity contribution in [2.75, 3.05) is 13.2 Å². The molecule has 0 aliphatic carbocycles. The number of nitriles is 1. The molecule has 46 heavy (non-hydrogen) atoms. The quantitative estimate of drug-likeness (QED) is 0.202. The molecule has 0 radical (unpaired) electrons. The number of carbonyl (C=O) groups excluding carboxylic acids is 2. The van der Waals surface area contributed by atoms with E-state index in [1.54, 1.807) is 38.1 Å². The van der Waals surface area contributed by atoms with Crippen LogP contribution in [0.2, 0.25) is 0 Å². The number of para-hydroxylation sites is 2. The highest BCUT2D eigenvalue weighted by molar-refractivity contribution is 6.00. The number of dihydropyridines is 1. The minimum Gasteiger partial charge on any atom is -0.487 e. The third-order valence-corrected chi connectivity index (χ3v) is 7.86. The molecule has 3 aromatic carbocycles. The fourth-order valence-electron chi connectivity index (χ4n) is 5.20. The predicted octanol–water partition coefficient (Wildman–Crippen LogP) is 7.09. The summed E-state index contributed by atoms with van der Waals surface area (Å²) >= 11 is 0. The normalized spacial score (nSPS) is 15.9. The fraction of sp³-hybridized carbons (Fsp3) is 0.342. The van der Waals surface area contributed by atoms with Crippen molar-refractivity contribution in [1.82, 2.24) is 5.32 Å². The van der Waals surface area contributed by atoms with E-state index in [2.05, 4.69) is 11.4 Å². The van der Waals surface area contributed by atoms with Crippen LogP contribution in [0.5, 0.6) is 11.5 Å².